The van der Waals surface area contributed by atoms with Gasteiger partial charge in [-0.15, -0.1) is 0 Å². The van der Waals surface area contributed by atoms with Crippen molar-refractivity contribution in [2.75, 3.05) is 66.0 Å². The SMILES string of the molecule is CC(C)(C)NC(=O)OCCOCCOCCOCCOCCN=[N+]=[N-]. The molecule has 0 aliphatic rings. The van der Waals surface area contributed by atoms with Crippen LogP contribution in [0.25, 0.3) is 10.4 Å². The van der Waals surface area contributed by atoms with Gasteiger partial charge < -0.3 is 29.0 Å². The lowest BCUT2D eigenvalue weighted by molar-refractivity contribution is -0.00603. The second-order valence-corrected chi connectivity index (χ2v) is 5.91. The molecule has 10 nitrogen and oxygen atoms in total. The van der Waals surface area contributed by atoms with Crippen molar-refractivity contribution in [1.82, 2.24) is 5.32 Å². The van der Waals surface area contributed by atoms with Crippen LogP contribution in [0.1, 0.15) is 20.8 Å². The van der Waals surface area contributed by atoms with Crippen molar-refractivity contribution in [2.24, 2.45) is 5.11 Å². The third-order valence-electron chi connectivity index (χ3n) is 2.45. The van der Waals surface area contributed by atoms with E-state index >= 15 is 0 Å². The molecule has 146 valence electrons. The molecule has 0 saturated carbocycles. The zero-order valence-corrected chi connectivity index (χ0v) is 15.4. The van der Waals surface area contributed by atoms with Gasteiger partial charge in [0.25, 0.3) is 0 Å². The van der Waals surface area contributed by atoms with Crippen LogP contribution in [-0.4, -0.2) is 77.6 Å². The first-order valence-corrected chi connectivity index (χ1v) is 8.22. The number of nitrogens with zero attached hydrogens (tertiary/aromatic N) is 3. The third kappa shape index (κ3) is 20.4. The number of alkyl carbamates (subject to hydrolysis) is 1. The highest BCUT2D eigenvalue weighted by molar-refractivity contribution is 5.67. The van der Waals surface area contributed by atoms with Crippen LogP contribution < -0.4 is 5.32 Å². The fraction of sp³-hybridized carbons (Fsp3) is 0.933. The van der Waals surface area contributed by atoms with E-state index in [4.69, 9.17) is 29.2 Å². The average Bonchev–Trinajstić information content (AvgIpc) is 2.53. The van der Waals surface area contributed by atoms with E-state index < -0.39 is 6.09 Å². The predicted octanol–water partition coefficient (Wildman–Crippen LogP) is 1.89. The van der Waals surface area contributed by atoms with Gasteiger partial charge in [0.05, 0.1) is 52.9 Å². The number of amides is 1. The summed E-state index contributed by atoms with van der Waals surface area (Å²) in [5.41, 5.74) is 7.75. The van der Waals surface area contributed by atoms with Gasteiger partial charge in [0.2, 0.25) is 0 Å². The Bertz CT molecular complexity index is 383. The molecule has 1 N–H and O–H groups in total. The van der Waals surface area contributed by atoms with Crippen LogP contribution in [-0.2, 0) is 23.7 Å². The lowest BCUT2D eigenvalue weighted by Crippen LogP contribution is -2.41. The van der Waals surface area contributed by atoms with Gasteiger partial charge in [0.1, 0.15) is 6.61 Å². The van der Waals surface area contributed by atoms with Gasteiger partial charge in [-0.1, -0.05) is 5.11 Å². The van der Waals surface area contributed by atoms with E-state index in [1.165, 1.54) is 0 Å². The quantitative estimate of drug-likeness (QED) is 0.205. The minimum Gasteiger partial charge on any atom is -0.447 e. The van der Waals surface area contributed by atoms with E-state index in [0.717, 1.165) is 0 Å². The van der Waals surface area contributed by atoms with E-state index in [0.29, 0.717) is 59.4 Å². The second-order valence-electron chi connectivity index (χ2n) is 5.91. The monoisotopic (exact) mass is 362 g/mol. The molecule has 10 heteroatoms. The molecule has 0 atom stereocenters. The largest absolute Gasteiger partial charge is 0.447 e. The van der Waals surface area contributed by atoms with E-state index in [9.17, 15) is 4.79 Å². The second kappa shape index (κ2) is 15.9. The van der Waals surface area contributed by atoms with E-state index in [-0.39, 0.29) is 12.1 Å². The molecule has 0 aromatic rings. The first-order valence-electron chi connectivity index (χ1n) is 8.22. The van der Waals surface area contributed by atoms with Gasteiger partial charge in [-0.2, -0.15) is 0 Å². The third-order valence-corrected chi connectivity index (χ3v) is 2.45. The molecule has 0 heterocycles. The first-order chi connectivity index (χ1) is 12.0. The summed E-state index contributed by atoms with van der Waals surface area (Å²) in [6, 6.07) is 0. The lowest BCUT2D eigenvalue weighted by atomic mass is 10.1. The Hall–Kier alpha value is -1.58. The summed E-state index contributed by atoms with van der Waals surface area (Å²) in [7, 11) is 0. The van der Waals surface area contributed by atoms with Crippen LogP contribution >= 0.6 is 0 Å². The smallest absolute Gasteiger partial charge is 0.407 e. The van der Waals surface area contributed by atoms with Gasteiger partial charge in [-0.05, 0) is 26.3 Å². The number of rotatable bonds is 15. The minimum absolute atomic E-state index is 0.199. The normalized spacial score (nSPS) is 11.0. The van der Waals surface area contributed by atoms with Crippen molar-refractivity contribution in [3.63, 3.8) is 0 Å². The average molecular weight is 362 g/mol. The molecule has 25 heavy (non-hydrogen) atoms. The van der Waals surface area contributed by atoms with Gasteiger partial charge in [-0.25, -0.2) is 4.79 Å². The maximum absolute atomic E-state index is 11.4. The fourth-order valence-corrected chi connectivity index (χ4v) is 1.45. The van der Waals surface area contributed by atoms with E-state index in [1.54, 1.807) is 0 Å². The van der Waals surface area contributed by atoms with Gasteiger partial charge in [0.15, 0.2) is 0 Å². The molecule has 0 rings (SSSR count). The fourth-order valence-electron chi connectivity index (χ4n) is 1.45. The van der Waals surface area contributed by atoms with Crippen LogP contribution in [0, 0.1) is 0 Å². The minimum atomic E-state index is -0.453. The highest BCUT2D eigenvalue weighted by Crippen LogP contribution is 1.98. The van der Waals surface area contributed by atoms with Crippen LogP contribution in [0.3, 0.4) is 0 Å². The zero-order valence-electron chi connectivity index (χ0n) is 15.4. The molecule has 0 saturated heterocycles. The maximum atomic E-state index is 11.4. The van der Waals surface area contributed by atoms with Crippen LogP contribution in [0.5, 0.6) is 0 Å². The van der Waals surface area contributed by atoms with Gasteiger partial charge in [0, 0.05) is 17.0 Å². The lowest BCUT2D eigenvalue weighted by Gasteiger charge is -2.19. The highest BCUT2D eigenvalue weighted by atomic mass is 16.6. The van der Waals surface area contributed by atoms with Crippen LogP contribution in [0.15, 0.2) is 5.11 Å². The molecule has 0 aliphatic carbocycles. The summed E-state index contributed by atoms with van der Waals surface area (Å²) in [6.07, 6.45) is -0.453. The number of carbonyl (C=O) groups is 1. The highest BCUT2D eigenvalue weighted by Gasteiger charge is 2.13. The number of azide groups is 1. The number of carbonyl (C=O) groups excluding carboxylic acids is 1. The van der Waals surface area contributed by atoms with Crippen molar-refractivity contribution in [3.05, 3.63) is 10.4 Å². The molecular formula is C15H30N4O6. The predicted molar refractivity (Wildman–Crippen MR) is 91.5 cm³/mol. The Labute approximate surface area is 148 Å². The van der Waals surface area contributed by atoms with Crippen molar-refractivity contribution in [1.29, 1.82) is 0 Å². The molecule has 0 spiro atoms. The summed E-state index contributed by atoms with van der Waals surface area (Å²) in [5, 5.41) is 6.03. The molecule has 1 amide bonds. The maximum Gasteiger partial charge on any atom is 0.407 e. The van der Waals surface area contributed by atoms with Crippen LogP contribution in [0.2, 0.25) is 0 Å². The van der Waals surface area contributed by atoms with E-state index in [1.807, 2.05) is 20.8 Å². The number of nitrogens with one attached hydrogen (secondary N) is 1. The Morgan fingerprint density at radius 2 is 1.32 bits per heavy atom. The summed E-state index contributed by atoms with van der Waals surface area (Å²) >= 11 is 0. The van der Waals surface area contributed by atoms with Crippen molar-refractivity contribution in [3.8, 4) is 0 Å². The van der Waals surface area contributed by atoms with E-state index in [2.05, 4.69) is 15.3 Å². The summed E-state index contributed by atoms with van der Waals surface area (Å²) < 4.78 is 26.0. The molecule has 0 radical (unpaired) electrons. The Morgan fingerprint density at radius 1 is 0.880 bits per heavy atom. The molecule has 0 bridgehead atoms. The summed E-state index contributed by atoms with van der Waals surface area (Å²) in [4.78, 5) is 14.0. The molecule has 0 unspecified atom stereocenters. The summed E-state index contributed by atoms with van der Waals surface area (Å²) in [5.74, 6) is 0. The van der Waals surface area contributed by atoms with Crippen molar-refractivity contribution < 1.29 is 28.5 Å². The van der Waals surface area contributed by atoms with Crippen LogP contribution in [0.4, 0.5) is 4.79 Å². The standard InChI is InChI=1S/C15H30N4O6/c1-15(2,3)18-14(20)25-13-12-24-11-10-23-9-8-22-7-6-21-5-4-17-19-16/h4-13H2,1-3H3,(H,18,20). The number of hydrogen-bond acceptors (Lipinski definition) is 7. The Balaban J connectivity index is 3.16. The molecule has 0 aromatic carbocycles. The number of ether oxygens (including phenoxy) is 5. The molecule has 0 fully saturated rings. The zero-order chi connectivity index (χ0) is 18.8. The Kier molecular flexibility index (Phi) is 14.9. The van der Waals surface area contributed by atoms with Crippen molar-refractivity contribution >= 4 is 6.09 Å². The number of hydrogen-bond donors (Lipinski definition) is 1. The van der Waals surface area contributed by atoms with Gasteiger partial charge >= 0.3 is 6.09 Å². The Morgan fingerprint density at radius 3 is 1.76 bits per heavy atom. The molecule has 0 aromatic heterocycles. The summed E-state index contributed by atoms with van der Waals surface area (Å²) in [6.45, 7) is 9.59. The first kappa shape index (κ1) is 23.4. The molecular weight excluding hydrogens is 332 g/mol. The van der Waals surface area contributed by atoms with Crippen molar-refractivity contribution in [2.45, 2.75) is 26.3 Å². The van der Waals surface area contributed by atoms with Gasteiger partial charge in [-0.3, -0.25) is 0 Å². The topological polar surface area (TPSA) is 124 Å². The molecule has 0 aliphatic heterocycles.